The molecule has 1 rings (SSSR count). The topological polar surface area (TPSA) is 87.0 Å². The fraction of sp³-hybridized carbons (Fsp3) is 0.500. The maximum atomic E-state index is 11.2. The molecule has 0 saturated heterocycles. The van der Waals surface area contributed by atoms with Crippen LogP contribution in [0.2, 0.25) is 0 Å². The van der Waals surface area contributed by atoms with E-state index in [1.165, 1.54) is 0 Å². The van der Waals surface area contributed by atoms with Gasteiger partial charge in [0.05, 0.1) is 12.2 Å². The van der Waals surface area contributed by atoms with E-state index in [9.17, 15) is 4.79 Å². The van der Waals surface area contributed by atoms with Gasteiger partial charge >= 0.3 is 6.09 Å². The van der Waals surface area contributed by atoms with E-state index in [0.29, 0.717) is 31.1 Å². The summed E-state index contributed by atoms with van der Waals surface area (Å²) in [5.74, 6) is 0.570. The number of anilines is 1. The minimum Gasteiger partial charge on any atom is -0.450 e. The Morgan fingerprint density at radius 3 is 3.05 bits per heavy atom. The predicted molar refractivity (Wildman–Crippen MR) is 76.3 cm³/mol. The third-order valence-electron chi connectivity index (χ3n) is 2.57. The van der Waals surface area contributed by atoms with Gasteiger partial charge in [-0.15, -0.1) is 0 Å². The molecule has 2 N–H and O–H groups in total. The molecular weight excluding hydrogens is 256 g/mol. The molecular formula is C14H20N4O2. The van der Waals surface area contributed by atoms with Crippen LogP contribution in [0.25, 0.3) is 0 Å². The highest BCUT2D eigenvalue weighted by Crippen LogP contribution is 2.08. The summed E-state index contributed by atoms with van der Waals surface area (Å²) < 4.78 is 4.96. The molecule has 0 aromatic carbocycles. The molecule has 1 heterocycles. The SMILES string of the molecule is CCCCOC(=O)NCCCNc1ncccc1C#N. The number of nitrogens with one attached hydrogen (secondary N) is 2. The second-order valence-electron chi connectivity index (χ2n) is 4.21. The Bertz CT molecular complexity index is 457. The lowest BCUT2D eigenvalue weighted by Crippen LogP contribution is -2.27. The van der Waals surface area contributed by atoms with Gasteiger partial charge in [-0.1, -0.05) is 13.3 Å². The summed E-state index contributed by atoms with van der Waals surface area (Å²) in [6.07, 6.45) is 3.86. The summed E-state index contributed by atoms with van der Waals surface area (Å²) in [6, 6.07) is 5.50. The molecule has 0 saturated carbocycles. The highest BCUT2D eigenvalue weighted by atomic mass is 16.5. The molecule has 1 aromatic rings. The number of aromatic nitrogens is 1. The molecule has 6 heteroatoms. The lowest BCUT2D eigenvalue weighted by Gasteiger charge is -2.08. The minimum atomic E-state index is -0.381. The van der Waals surface area contributed by atoms with Gasteiger partial charge in [-0.2, -0.15) is 5.26 Å². The molecule has 0 spiro atoms. The van der Waals surface area contributed by atoms with E-state index in [4.69, 9.17) is 10.00 Å². The number of nitrogens with zero attached hydrogens (tertiary/aromatic N) is 2. The van der Waals surface area contributed by atoms with Crippen LogP contribution in [0.4, 0.5) is 10.6 Å². The first-order valence-electron chi connectivity index (χ1n) is 6.77. The van der Waals surface area contributed by atoms with E-state index < -0.39 is 0 Å². The first kappa shape index (κ1) is 15.8. The maximum Gasteiger partial charge on any atom is 0.407 e. The van der Waals surface area contributed by atoms with Crippen molar-refractivity contribution in [1.29, 1.82) is 5.26 Å². The zero-order valence-corrected chi connectivity index (χ0v) is 11.7. The molecule has 0 aliphatic rings. The number of carbonyl (C=O) groups is 1. The standard InChI is InChI=1S/C14H20N4O2/c1-2-3-10-20-14(19)18-9-5-8-17-13-12(11-15)6-4-7-16-13/h4,6-7H,2-3,5,8-10H2,1H3,(H,16,17)(H,18,19). The summed E-state index contributed by atoms with van der Waals surface area (Å²) in [5, 5.41) is 14.6. The maximum absolute atomic E-state index is 11.2. The van der Waals surface area contributed by atoms with Crippen molar-refractivity contribution in [2.24, 2.45) is 0 Å². The fourth-order valence-corrected chi connectivity index (χ4v) is 1.48. The quantitative estimate of drug-likeness (QED) is 0.711. The third kappa shape index (κ3) is 6.05. The molecule has 0 fully saturated rings. The number of ether oxygens (including phenoxy) is 1. The fourth-order valence-electron chi connectivity index (χ4n) is 1.48. The molecule has 6 nitrogen and oxygen atoms in total. The minimum absolute atomic E-state index is 0.381. The summed E-state index contributed by atoms with van der Waals surface area (Å²) in [4.78, 5) is 15.3. The van der Waals surface area contributed by atoms with Gasteiger partial charge in [0.2, 0.25) is 0 Å². The molecule has 1 aromatic heterocycles. The summed E-state index contributed by atoms with van der Waals surface area (Å²) in [6.45, 7) is 3.65. The van der Waals surface area contributed by atoms with Crippen LogP contribution >= 0.6 is 0 Å². The summed E-state index contributed by atoms with van der Waals surface area (Å²) >= 11 is 0. The molecule has 0 atom stereocenters. The zero-order chi connectivity index (χ0) is 14.6. The smallest absolute Gasteiger partial charge is 0.407 e. The van der Waals surface area contributed by atoms with Crippen LogP contribution in [0, 0.1) is 11.3 Å². The Kier molecular flexibility index (Phi) is 7.58. The van der Waals surface area contributed by atoms with Gasteiger partial charge in [0.1, 0.15) is 11.9 Å². The monoisotopic (exact) mass is 276 g/mol. The first-order chi connectivity index (χ1) is 9.77. The van der Waals surface area contributed by atoms with E-state index in [0.717, 1.165) is 19.3 Å². The highest BCUT2D eigenvalue weighted by molar-refractivity contribution is 5.67. The second-order valence-corrected chi connectivity index (χ2v) is 4.21. The molecule has 0 aliphatic carbocycles. The predicted octanol–water partition coefficient (Wildman–Crippen LogP) is 2.28. The van der Waals surface area contributed by atoms with E-state index in [1.807, 2.05) is 6.92 Å². The second kappa shape index (κ2) is 9.62. The van der Waals surface area contributed by atoms with Crippen LogP contribution in [0.5, 0.6) is 0 Å². The van der Waals surface area contributed by atoms with Crippen molar-refractivity contribution in [2.75, 3.05) is 25.0 Å². The average Bonchev–Trinajstić information content (AvgIpc) is 2.47. The Hall–Kier alpha value is -2.29. The number of unbranched alkanes of at least 4 members (excludes halogenated alkanes) is 1. The van der Waals surface area contributed by atoms with Crippen LogP contribution < -0.4 is 10.6 Å². The van der Waals surface area contributed by atoms with E-state index in [1.54, 1.807) is 18.3 Å². The zero-order valence-electron chi connectivity index (χ0n) is 11.7. The van der Waals surface area contributed by atoms with Crippen molar-refractivity contribution < 1.29 is 9.53 Å². The number of carbonyl (C=O) groups excluding carboxylic acids is 1. The average molecular weight is 276 g/mol. The van der Waals surface area contributed by atoms with Crippen molar-refractivity contribution in [3.8, 4) is 6.07 Å². The lowest BCUT2D eigenvalue weighted by molar-refractivity contribution is 0.144. The molecule has 20 heavy (non-hydrogen) atoms. The molecule has 0 aliphatic heterocycles. The van der Waals surface area contributed by atoms with Gasteiger partial charge in [-0.25, -0.2) is 9.78 Å². The van der Waals surface area contributed by atoms with E-state index >= 15 is 0 Å². The number of alkyl carbamates (subject to hydrolysis) is 1. The number of hydrogen-bond acceptors (Lipinski definition) is 5. The van der Waals surface area contributed by atoms with Crippen molar-refractivity contribution >= 4 is 11.9 Å². The van der Waals surface area contributed by atoms with Crippen molar-refractivity contribution in [1.82, 2.24) is 10.3 Å². The van der Waals surface area contributed by atoms with Crippen molar-refractivity contribution in [3.63, 3.8) is 0 Å². The highest BCUT2D eigenvalue weighted by Gasteiger charge is 2.02. The van der Waals surface area contributed by atoms with Crippen LogP contribution in [-0.4, -0.2) is 30.8 Å². The number of amides is 1. The van der Waals surface area contributed by atoms with Crippen LogP contribution in [-0.2, 0) is 4.74 Å². The van der Waals surface area contributed by atoms with Gasteiger partial charge in [0.25, 0.3) is 0 Å². The van der Waals surface area contributed by atoms with Crippen molar-refractivity contribution in [2.45, 2.75) is 26.2 Å². The Morgan fingerprint density at radius 2 is 2.30 bits per heavy atom. The van der Waals surface area contributed by atoms with Gasteiger partial charge < -0.3 is 15.4 Å². The van der Waals surface area contributed by atoms with Crippen LogP contribution in [0.3, 0.4) is 0 Å². The van der Waals surface area contributed by atoms with Gasteiger partial charge in [0, 0.05) is 19.3 Å². The molecule has 0 unspecified atom stereocenters. The van der Waals surface area contributed by atoms with Gasteiger partial charge in [-0.05, 0) is 25.0 Å². The van der Waals surface area contributed by atoms with Crippen LogP contribution in [0.15, 0.2) is 18.3 Å². The normalized spacial score (nSPS) is 9.60. The van der Waals surface area contributed by atoms with Gasteiger partial charge in [0.15, 0.2) is 0 Å². The molecule has 0 bridgehead atoms. The van der Waals surface area contributed by atoms with E-state index in [2.05, 4.69) is 21.7 Å². The lowest BCUT2D eigenvalue weighted by atomic mass is 10.3. The Labute approximate surface area is 119 Å². The largest absolute Gasteiger partial charge is 0.450 e. The van der Waals surface area contributed by atoms with Crippen molar-refractivity contribution in [3.05, 3.63) is 23.9 Å². The van der Waals surface area contributed by atoms with Crippen LogP contribution in [0.1, 0.15) is 31.7 Å². The molecule has 1 amide bonds. The third-order valence-corrected chi connectivity index (χ3v) is 2.57. The molecule has 0 radical (unpaired) electrons. The molecule has 108 valence electrons. The van der Waals surface area contributed by atoms with Gasteiger partial charge in [-0.3, -0.25) is 0 Å². The number of hydrogen-bond donors (Lipinski definition) is 2. The first-order valence-corrected chi connectivity index (χ1v) is 6.77. The number of rotatable bonds is 8. The number of nitriles is 1. The summed E-state index contributed by atoms with van der Waals surface area (Å²) in [5.41, 5.74) is 0.513. The number of pyridine rings is 1. The Balaban J connectivity index is 2.13. The summed E-state index contributed by atoms with van der Waals surface area (Å²) in [7, 11) is 0. The van der Waals surface area contributed by atoms with E-state index in [-0.39, 0.29) is 6.09 Å². The Morgan fingerprint density at radius 1 is 1.45 bits per heavy atom.